The minimum Gasteiger partial charge on any atom is -0.377 e. The first kappa shape index (κ1) is 27.1. The molecular formula is C24H26ClF3N6O2S. The molecule has 0 spiro atoms. The van der Waals surface area contributed by atoms with Gasteiger partial charge in [0.05, 0.1) is 28.0 Å². The molecule has 4 rings (SSSR count). The Morgan fingerprint density at radius 2 is 1.97 bits per heavy atom. The van der Waals surface area contributed by atoms with Crippen molar-refractivity contribution in [2.45, 2.75) is 38.9 Å². The van der Waals surface area contributed by atoms with Gasteiger partial charge in [0.25, 0.3) is 11.5 Å². The van der Waals surface area contributed by atoms with E-state index in [-0.39, 0.29) is 41.7 Å². The van der Waals surface area contributed by atoms with E-state index in [9.17, 15) is 22.8 Å². The number of rotatable bonds is 8. The molecule has 3 N–H and O–H groups in total. The van der Waals surface area contributed by atoms with Gasteiger partial charge in [0.2, 0.25) is 5.95 Å². The van der Waals surface area contributed by atoms with E-state index in [4.69, 9.17) is 11.6 Å². The molecule has 0 saturated heterocycles. The van der Waals surface area contributed by atoms with Crippen LogP contribution < -0.4 is 20.9 Å². The van der Waals surface area contributed by atoms with Crippen LogP contribution in [0.5, 0.6) is 0 Å². The third kappa shape index (κ3) is 5.35. The maximum Gasteiger partial charge on any atom is 0.396 e. The molecule has 0 bridgehead atoms. The summed E-state index contributed by atoms with van der Waals surface area (Å²) in [4.78, 5) is 34.4. The first-order chi connectivity index (χ1) is 17.4. The van der Waals surface area contributed by atoms with E-state index < -0.39 is 23.5 Å². The zero-order valence-corrected chi connectivity index (χ0v) is 22.2. The molecule has 1 fully saturated rings. The maximum atomic E-state index is 13.4. The molecule has 3 aromatic rings. The number of benzene rings is 1. The van der Waals surface area contributed by atoms with E-state index in [0.717, 1.165) is 17.5 Å². The molecule has 1 unspecified atom stereocenters. The zero-order chi connectivity index (χ0) is 27.1. The highest BCUT2D eigenvalue weighted by atomic mass is 35.5. The standard InChI is InChI=1S/C24H26ClF3N6O2S/c1-12-9-14(13(2)30-16-5-6-17(25)31-19(16)20(35)33-37-4)18-15(10-12)21(36)34(3)22(32-18)29-11-23(7-8-23)24(26,27)28/h5-6,9-10,13,30H,7-8,11H2,1-4H3,(H,29,32)(H,33,35). The predicted octanol–water partition coefficient (Wildman–Crippen LogP) is 5.23. The van der Waals surface area contributed by atoms with Gasteiger partial charge in [0, 0.05) is 25.4 Å². The number of fused-ring (bicyclic) bond motifs is 1. The van der Waals surface area contributed by atoms with Gasteiger partial charge in [-0.15, -0.1) is 0 Å². The summed E-state index contributed by atoms with van der Waals surface area (Å²) < 4.78 is 44.1. The molecule has 2 aromatic heterocycles. The highest BCUT2D eigenvalue weighted by Gasteiger charge is 2.63. The van der Waals surface area contributed by atoms with E-state index >= 15 is 0 Å². The van der Waals surface area contributed by atoms with Crippen LogP contribution >= 0.6 is 23.5 Å². The van der Waals surface area contributed by atoms with E-state index in [0.29, 0.717) is 22.2 Å². The highest BCUT2D eigenvalue weighted by Crippen LogP contribution is 2.57. The lowest BCUT2D eigenvalue weighted by atomic mass is 10.0. The molecule has 1 aromatic carbocycles. The first-order valence-electron chi connectivity index (χ1n) is 11.4. The fraction of sp³-hybridized carbons (Fsp3) is 0.417. The van der Waals surface area contributed by atoms with E-state index in [1.165, 1.54) is 11.6 Å². The summed E-state index contributed by atoms with van der Waals surface area (Å²) in [6.07, 6.45) is -2.55. The molecule has 0 aliphatic heterocycles. The van der Waals surface area contributed by atoms with Crippen LogP contribution in [0.25, 0.3) is 10.9 Å². The Hall–Kier alpha value is -2.99. The summed E-state index contributed by atoms with van der Waals surface area (Å²) in [6, 6.07) is 6.27. The van der Waals surface area contributed by atoms with Crippen molar-refractivity contribution in [3.05, 3.63) is 56.6 Å². The molecule has 0 radical (unpaired) electrons. The quantitative estimate of drug-likeness (QED) is 0.259. The van der Waals surface area contributed by atoms with Gasteiger partial charge in [0.15, 0.2) is 5.69 Å². The van der Waals surface area contributed by atoms with Gasteiger partial charge < -0.3 is 10.6 Å². The lowest BCUT2D eigenvalue weighted by molar-refractivity contribution is -0.182. The second kappa shape index (κ2) is 10.1. The smallest absolute Gasteiger partial charge is 0.377 e. The summed E-state index contributed by atoms with van der Waals surface area (Å²) in [5.74, 6) is -0.380. The second-order valence-corrected chi connectivity index (χ2v) is 10.2. The van der Waals surface area contributed by atoms with Gasteiger partial charge in [-0.2, -0.15) is 13.2 Å². The number of amides is 1. The summed E-state index contributed by atoms with van der Waals surface area (Å²) in [5, 5.41) is 6.49. The molecule has 1 atom stereocenters. The number of carbonyl (C=O) groups is 1. The van der Waals surface area contributed by atoms with Gasteiger partial charge in [-0.25, -0.2) is 9.97 Å². The number of aryl methyl sites for hydroxylation is 1. The average molecular weight is 555 g/mol. The van der Waals surface area contributed by atoms with Crippen LogP contribution in [0.4, 0.5) is 24.8 Å². The van der Waals surface area contributed by atoms with Crippen LogP contribution in [0.2, 0.25) is 5.15 Å². The van der Waals surface area contributed by atoms with Crippen molar-refractivity contribution in [1.29, 1.82) is 0 Å². The summed E-state index contributed by atoms with van der Waals surface area (Å²) in [5.41, 5.74) is 0.137. The van der Waals surface area contributed by atoms with Crippen LogP contribution in [0.15, 0.2) is 29.1 Å². The van der Waals surface area contributed by atoms with Crippen molar-refractivity contribution in [2.75, 3.05) is 23.4 Å². The van der Waals surface area contributed by atoms with Crippen molar-refractivity contribution < 1.29 is 18.0 Å². The average Bonchev–Trinajstić information content (AvgIpc) is 3.63. The summed E-state index contributed by atoms with van der Waals surface area (Å²) in [6.45, 7) is 3.30. The number of pyridine rings is 1. The van der Waals surface area contributed by atoms with Crippen LogP contribution in [0.1, 0.15) is 47.4 Å². The lowest BCUT2D eigenvalue weighted by Gasteiger charge is -2.22. The van der Waals surface area contributed by atoms with Gasteiger partial charge >= 0.3 is 6.18 Å². The normalized spacial score (nSPS) is 15.4. The Kier molecular flexibility index (Phi) is 7.35. The van der Waals surface area contributed by atoms with E-state index in [1.54, 1.807) is 24.5 Å². The number of carbonyl (C=O) groups excluding carboxylic acids is 1. The molecule has 1 aliphatic carbocycles. The van der Waals surface area contributed by atoms with Gasteiger partial charge in [-0.05, 0) is 50.5 Å². The van der Waals surface area contributed by atoms with Crippen molar-refractivity contribution in [3.8, 4) is 0 Å². The summed E-state index contributed by atoms with van der Waals surface area (Å²) >= 11 is 7.13. The van der Waals surface area contributed by atoms with Gasteiger partial charge in [0.1, 0.15) is 5.15 Å². The molecular weight excluding hydrogens is 529 g/mol. The van der Waals surface area contributed by atoms with Crippen LogP contribution in [-0.4, -0.2) is 39.4 Å². The fourth-order valence-corrected chi connectivity index (χ4v) is 4.61. The predicted molar refractivity (Wildman–Crippen MR) is 140 cm³/mol. The SMILES string of the molecule is CSNC(=O)c1nc(Cl)ccc1NC(C)c1cc(C)cc2c(=O)n(C)c(NCC3(C(F)(F)F)CC3)nc12. The molecule has 8 nitrogen and oxygen atoms in total. The Balaban J connectivity index is 1.73. The van der Waals surface area contributed by atoms with Crippen LogP contribution in [0, 0.1) is 12.3 Å². The zero-order valence-electron chi connectivity index (χ0n) is 20.6. The largest absolute Gasteiger partial charge is 0.396 e. The second-order valence-electron chi connectivity index (χ2n) is 9.21. The van der Waals surface area contributed by atoms with Crippen molar-refractivity contribution in [3.63, 3.8) is 0 Å². The number of anilines is 2. The Bertz CT molecular complexity index is 1420. The van der Waals surface area contributed by atoms with Crippen molar-refractivity contribution >= 4 is 52.0 Å². The number of aromatic nitrogens is 3. The number of nitrogens with zero attached hydrogens (tertiary/aromatic N) is 3. The minimum absolute atomic E-state index is 0.0397. The number of nitrogens with one attached hydrogen (secondary N) is 3. The Morgan fingerprint density at radius 1 is 1.27 bits per heavy atom. The minimum atomic E-state index is -4.33. The molecule has 13 heteroatoms. The number of alkyl halides is 3. The lowest BCUT2D eigenvalue weighted by Crippen LogP contribution is -2.33. The maximum absolute atomic E-state index is 13.4. The van der Waals surface area contributed by atoms with Gasteiger partial charge in [-0.3, -0.25) is 18.9 Å². The molecule has 1 amide bonds. The molecule has 1 saturated carbocycles. The van der Waals surface area contributed by atoms with Crippen LogP contribution in [-0.2, 0) is 7.05 Å². The van der Waals surface area contributed by atoms with Gasteiger partial charge in [-0.1, -0.05) is 29.6 Å². The molecule has 198 valence electrons. The third-order valence-electron chi connectivity index (χ3n) is 6.50. The van der Waals surface area contributed by atoms with E-state index in [1.807, 2.05) is 19.9 Å². The van der Waals surface area contributed by atoms with Crippen molar-refractivity contribution in [2.24, 2.45) is 12.5 Å². The summed E-state index contributed by atoms with van der Waals surface area (Å²) in [7, 11) is 1.48. The first-order valence-corrected chi connectivity index (χ1v) is 13.1. The molecule has 2 heterocycles. The highest BCUT2D eigenvalue weighted by molar-refractivity contribution is 7.97. The third-order valence-corrected chi connectivity index (χ3v) is 7.10. The number of hydrogen-bond donors (Lipinski definition) is 3. The number of halogens is 4. The Labute approximate surface area is 220 Å². The Morgan fingerprint density at radius 3 is 2.59 bits per heavy atom. The number of hydrogen-bond acceptors (Lipinski definition) is 7. The molecule has 37 heavy (non-hydrogen) atoms. The van der Waals surface area contributed by atoms with Crippen molar-refractivity contribution in [1.82, 2.24) is 19.3 Å². The fourth-order valence-electron chi connectivity index (χ4n) is 4.18. The van der Waals surface area contributed by atoms with E-state index in [2.05, 4.69) is 25.3 Å². The monoisotopic (exact) mass is 554 g/mol. The topological polar surface area (TPSA) is 101 Å². The van der Waals surface area contributed by atoms with Crippen LogP contribution in [0.3, 0.4) is 0 Å². The molecule has 1 aliphatic rings.